The molecule has 6 heteroatoms. The smallest absolute Gasteiger partial charge is 0.253 e. The lowest BCUT2D eigenvalue weighted by Gasteiger charge is -2.30. The van der Waals surface area contributed by atoms with Gasteiger partial charge in [0, 0.05) is 30.9 Å². The molecule has 154 valence electrons. The number of anilines is 1. The summed E-state index contributed by atoms with van der Waals surface area (Å²) in [6.07, 6.45) is 2.13. The standard InChI is InChI=1S/C23H29N3O3/c1-17-11-13-26(14-12-17)23(28)19-5-7-20(8-6-19)24-16-22(27)25-15-18-3-9-21(29-2)10-4-18/h3-10,17,24H,11-16H2,1-2H3,(H,25,27). The fourth-order valence-electron chi connectivity index (χ4n) is 3.31. The number of hydrogen-bond donors (Lipinski definition) is 2. The molecule has 0 aliphatic carbocycles. The van der Waals surface area contributed by atoms with E-state index in [0.717, 1.165) is 42.9 Å². The minimum Gasteiger partial charge on any atom is -0.497 e. The zero-order valence-corrected chi connectivity index (χ0v) is 17.1. The van der Waals surface area contributed by atoms with Crippen molar-refractivity contribution in [3.05, 3.63) is 59.7 Å². The summed E-state index contributed by atoms with van der Waals surface area (Å²) in [5.74, 6) is 1.48. The van der Waals surface area contributed by atoms with Gasteiger partial charge >= 0.3 is 0 Å². The van der Waals surface area contributed by atoms with Gasteiger partial charge in [0.1, 0.15) is 5.75 Å². The van der Waals surface area contributed by atoms with Crippen molar-refractivity contribution in [2.45, 2.75) is 26.3 Å². The highest BCUT2D eigenvalue weighted by Gasteiger charge is 2.21. The highest BCUT2D eigenvalue weighted by Crippen LogP contribution is 2.19. The third kappa shape index (κ3) is 5.98. The number of hydrogen-bond acceptors (Lipinski definition) is 4. The number of likely N-dealkylation sites (tertiary alicyclic amines) is 1. The summed E-state index contributed by atoms with van der Waals surface area (Å²) < 4.78 is 5.12. The SMILES string of the molecule is COc1ccc(CNC(=O)CNc2ccc(C(=O)N3CCC(C)CC3)cc2)cc1. The number of carbonyl (C=O) groups is 2. The summed E-state index contributed by atoms with van der Waals surface area (Å²) in [4.78, 5) is 26.6. The van der Waals surface area contributed by atoms with E-state index in [1.165, 1.54) is 0 Å². The zero-order chi connectivity index (χ0) is 20.6. The number of nitrogens with one attached hydrogen (secondary N) is 2. The molecule has 0 aromatic heterocycles. The Hall–Kier alpha value is -3.02. The maximum Gasteiger partial charge on any atom is 0.253 e. The van der Waals surface area contributed by atoms with Gasteiger partial charge in [0.25, 0.3) is 5.91 Å². The van der Waals surface area contributed by atoms with Gasteiger partial charge in [0.05, 0.1) is 13.7 Å². The van der Waals surface area contributed by atoms with Crippen molar-refractivity contribution in [2.75, 3.05) is 32.1 Å². The Kier molecular flexibility index (Phi) is 7.11. The largest absolute Gasteiger partial charge is 0.497 e. The molecule has 6 nitrogen and oxygen atoms in total. The second-order valence-corrected chi connectivity index (χ2v) is 7.53. The fraction of sp³-hybridized carbons (Fsp3) is 0.391. The lowest BCUT2D eigenvalue weighted by molar-refractivity contribution is -0.119. The van der Waals surface area contributed by atoms with E-state index in [-0.39, 0.29) is 18.4 Å². The molecule has 0 spiro atoms. The first-order chi connectivity index (χ1) is 14.0. The molecule has 1 aliphatic rings. The Balaban J connectivity index is 1.43. The number of carbonyl (C=O) groups excluding carboxylic acids is 2. The Labute approximate surface area is 172 Å². The predicted octanol–water partition coefficient (Wildman–Crippen LogP) is 3.30. The van der Waals surface area contributed by atoms with Crippen LogP contribution in [0.2, 0.25) is 0 Å². The van der Waals surface area contributed by atoms with Gasteiger partial charge in [-0.2, -0.15) is 0 Å². The van der Waals surface area contributed by atoms with Crippen molar-refractivity contribution < 1.29 is 14.3 Å². The van der Waals surface area contributed by atoms with Crippen molar-refractivity contribution in [3.8, 4) is 5.75 Å². The maximum atomic E-state index is 12.6. The molecule has 0 atom stereocenters. The Bertz CT molecular complexity index is 810. The number of nitrogens with zero attached hydrogens (tertiary/aromatic N) is 1. The minimum absolute atomic E-state index is 0.0840. The number of methoxy groups -OCH3 is 1. The summed E-state index contributed by atoms with van der Waals surface area (Å²) in [5, 5.41) is 5.97. The van der Waals surface area contributed by atoms with Crippen molar-refractivity contribution in [1.29, 1.82) is 0 Å². The zero-order valence-electron chi connectivity index (χ0n) is 17.1. The Morgan fingerprint density at radius 2 is 1.69 bits per heavy atom. The van der Waals surface area contributed by atoms with Gasteiger partial charge < -0.3 is 20.3 Å². The molecule has 0 unspecified atom stereocenters. The van der Waals surface area contributed by atoms with Gasteiger partial charge in [-0.15, -0.1) is 0 Å². The maximum absolute atomic E-state index is 12.6. The van der Waals surface area contributed by atoms with Crippen LogP contribution in [0.4, 0.5) is 5.69 Å². The van der Waals surface area contributed by atoms with Gasteiger partial charge in [0.15, 0.2) is 0 Å². The molecule has 2 amide bonds. The average Bonchev–Trinajstić information content (AvgIpc) is 2.77. The Morgan fingerprint density at radius 3 is 2.31 bits per heavy atom. The van der Waals surface area contributed by atoms with Crippen LogP contribution in [0.25, 0.3) is 0 Å². The van der Waals surface area contributed by atoms with E-state index in [1.54, 1.807) is 7.11 Å². The molecule has 29 heavy (non-hydrogen) atoms. The highest BCUT2D eigenvalue weighted by molar-refractivity contribution is 5.94. The summed E-state index contributed by atoms with van der Waals surface area (Å²) in [6, 6.07) is 14.9. The van der Waals surface area contributed by atoms with Crippen LogP contribution in [0.5, 0.6) is 5.75 Å². The van der Waals surface area contributed by atoms with E-state index in [0.29, 0.717) is 18.0 Å². The van der Waals surface area contributed by atoms with Gasteiger partial charge in [-0.25, -0.2) is 0 Å². The van der Waals surface area contributed by atoms with Crippen molar-refractivity contribution in [2.24, 2.45) is 5.92 Å². The van der Waals surface area contributed by atoms with Gasteiger partial charge in [0.2, 0.25) is 5.91 Å². The van der Waals surface area contributed by atoms with Crippen molar-refractivity contribution in [1.82, 2.24) is 10.2 Å². The molecule has 1 fully saturated rings. The molecule has 3 rings (SSSR count). The third-order valence-electron chi connectivity index (χ3n) is 5.30. The van der Waals surface area contributed by atoms with Crippen LogP contribution in [-0.2, 0) is 11.3 Å². The van der Waals surface area contributed by atoms with E-state index in [2.05, 4.69) is 17.6 Å². The van der Waals surface area contributed by atoms with E-state index >= 15 is 0 Å². The molecule has 2 aromatic carbocycles. The molecule has 0 bridgehead atoms. The monoisotopic (exact) mass is 395 g/mol. The molecule has 1 aliphatic heterocycles. The molecular weight excluding hydrogens is 366 g/mol. The van der Waals surface area contributed by atoms with Crippen LogP contribution in [-0.4, -0.2) is 43.5 Å². The number of rotatable bonds is 7. The van der Waals surface area contributed by atoms with E-state index in [4.69, 9.17) is 4.74 Å². The topological polar surface area (TPSA) is 70.7 Å². The van der Waals surface area contributed by atoms with Gasteiger partial charge in [-0.1, -0.05) is 19.1 Å². The quantitative estimate of drug-likeness (QED) is 0.755. The van der Waals surface area contributed by atoms with Crippen molar-refractivity contribution in [3.63, 3.8) is 0 Å². The minimum atomic E-state index is -0.0941. The summed E-state index contributed by atoms with van der Waals surface area (Å²) >= 11 is 0. The van der Waals surface area contributed by atoms with E-state index < -0.39 is 0 Å². The molecule has 0 saturated carbocycles. The second kappa shape index (κ2) is 9.96. The first kappa shape index (κ1) is 20.7. The molecular formula is C23H29N3O3. The number of piperidine rings is 1. The summed E-state index contributed by atoms with van der Waals surface area (Å²) in [7, 11) is 1.62. The lowest BCUT2D eigenvalue weighted by Crippen LogP contribution is -2.37. The molecule has 0 radical (unpaired) electrons. The average molecular weight is 396 g/mol. The first-order valence-electron chi connectivity index (χ1n) is 10.1. The second-order valence-electron chi connectivity index (χ2n) is 7.53. The van der Waals surface area contributed by atoms with Crippen LogP contribution in [0.1, 0.15) is 35.7 Å². The highest BCUT2D eigenvalue weighted by atomic mass is 16.5. The van der Waals surface area contributed by atoms with Crippen LogP contribution >= 0.6 is 0 Å². The Morgan fingerprint density at radius 1 is 1.03 bits per heavy atom. The molecule has 1 heterocycles. The lowest BCUT2D eigenvalue weighted by atomic mass is 9.98. The van der Waals surface area contributed by atoms with Gasteiger partial charge in [-0.3, -0.25) is 9.59 Å². The van der Waals surface area contributed by atoms with E-state index in [1.807, 2.05) is 53.4 Å². The number of benzene rings is 2. The van der Waals surface area contributed by atoms with Crippen LogP contribution in [0.3, 0.4) is 0 Å². The third-order valence-corrected chi connectivity index (χ3v) is 5.30. The van der Waals surface area contributed by atoms with Crippen molar-refractivity contribution >= 4 is 17.5 Å². The van der Waals surface area contributed by atoms with Crippen LogP contribution in [0.15, 0.2) is 48.5 Å². The van der Waals surface area contributed by atoms with E-state index in [9.17, 15) is 9.59 Å². The summed E-state index contributed by atoms with van der Waals surface area (Å²) in [5.41, 5.74) is 2.51. The van der Waals surface area contributed by atoms with Gasteiger partial charge in [-0.05, 0) is 60.7 Å². The molecule has 2 aromatic rings. The summed E-state index contributed by atoms with van der Waals surface area (Å²) in [6.45, 7) is 4.53. The first-order valence-corrected chi connectivity index (χ1v) is 10.1. The normalized spacial score (nSPS) is 14.3. The number of amides is 2. The van der Waals surface area contributed by atoms with Crippen LogP contribution in [0, 0.1) is 5.92 Å². The van der Waals surface area contributed by atoms with Crippen LogP contribution < -0.4 is 15.4 Å². The number of ether oxygens (including phenoxy) is 1. The predicted molar refractivity (Wildman–Crippen MR) is 114 cm³/mol. The molecule has 2 N–H and O–H groups in total. The fourth-order valence-corrected chi connectivity index (χ4v) is 3.31. The molecule has 1 saturated heterocycles.